The van der Waals surface area contributed by atoms with Gasteiger partial charge in [-0.1, -0.05) is 11.9 Å². The fourth-order valence-electron chi connectivity index (χ4n) is 2.27. The minimum atomic E-state index is -0.461. The summed E-state index contributed by atoms with van der Waals surface area (Å²) in [6.45, 7) is 3.50. The van der Waals surface area contributed by atoms with Crippen molar-refractivity contribution in [2.24, 2.45) is 0 Å². The zero-order valence-electron chi connectivity index (χ0n) is 13.3. The lowest BCUT2D eigenvalue weighted by atomic mass is 10.2. The minimum Gasteiger partial charge on any atom is -0.488 e. The quantitative estimate of drug-likeness (QED) is 0.838. The van der Waals surface area contributed by atoms with Crippen LogP contribution in [0.4, 0.5) is 10.2 Å². The van der Waals surface area contributed by atoms with Gasteiger partial charge in [0, 0.05) is 30.9 Å². The molecule has 126 valence electrons. The van der Waals surface area contributed by atoms with Crippen molar-refractivity contribution >= 4 is 23.7 Å². The van der Waals surface area contributed by atoms with Crippen LogP contribution in [0, 0.1) is 12.7 Å². The number of aromatic nitrogens is 2. The molecule has 1 aliphatic heterocycles. The molecule has 2 aromatic rings. The molecule has 1 N–H and O–H groups in total. The van der Waals surface area contributed by atoms with Crippen LogP contribution < -0.4 is 10.1 Å². The predicted molar refractivity (Wildman–Crippen MR) is 90.6 cm³/mol. The van der Waals surface area contributed by atoms with Crippen molar-refractivity contribution in [3.8, 4) is 5.75 Å². The Morgan fingerprint density at radius 2 is 2.21 bits per heavy atom. The number of anilines is 1. The third-order valence-corrected chi connectivity index (χ3v) is 4.32. The number of nitrogens with one attached hydrogen (secondary N) is 1. The van der Waals surface area contributed by atoms with E-state index in [0.29, 0.717) is 11.4 Å². The number of pyridine rings is 2. The molecular formula is C16H17FN4O2S. The molecule has 0 radical (unpaired) electrons. The lowest BCUT2D eigenvalue weighted by molar-refractivity contribution is 0.0835. The van der Waals surface area contributed by atoms with Crippen LogP contribution in [0.15, 0.2) is 30.5 Å². The van der Waals surface area contributed by atoms with Gasteiger partial charge in [-0.25, -0.2) is 18.7 Å². The Morgan fingerprint density at radius 3 is 2.88 bits per heavy atom. The van der Waals surface area contributed by atoms with Crippen LogP contribution in [0.2, 0.25) is 0 Å². The highest BCUT2D eigenvalue weighted by Crippen LogP contribution is 2.23. The molecule has 0 atom stereocenters. The number of hydrogen-bond acceptors (Lipinski definition) is 6. The smallest absolute Gasteiger partial charge is 0.275 e. The maximum Gasteiger partial charge on any atom is 0.275 e. The van der Waals surface area contributed by atoms with Gasteiger partial charge in [0.15, 0.2) is 0 Å². The molecule has 0 saturated carbocycles. The summed E-state index contributed by atoms with van der Waals surface area (Å²) in [5.74, 6) is 0.00593. The van der Waals surface area contributed by atoms with Crippen molar-refractivity contribution in [3.63, 3.8) is 0 Å². The second kappa shape index (κ2) is 7.14. The number of carbonyl (C=O) groups excluding carboxylic acids is 1. The number of ether oxygens (including phenoxy) is 1. The minimum absolute atomic E-state index is 0.119. The molecule has 2 aromatic heterocycles. The van der Waals surface area contributed by atoms with Gasteiger partial charge in [0.1, 0.15) is 29.2 Å². The Kier molecular flexibility index (Phi) is 4.96. The van der Waals surface area contributed by atoms with E-state index in [1.165, 1.54) is 12.1 Å². The van der Waals surface area contributed by atoms with Crippen molar-refractivity contribution in [1.82, 2.24) is 14.3 Å². The molecule has 8 heteroatoms. The van der Waals surface area contributed by atoms with E-state index in [1.54, 1.807) is 31.0 Å². The van der Waals surface area contributed by atoms with Crippen molar-refractivity contribution in [2.45, 2.75) is 13.0 Å². The molecule has 0 aromatic carbocycles. The highest BCUT2D eigenvalue weighted by Gasteiger charge is 2.28. The largest absolute Gasteiger partial charge is 0.488 e. The van der Waals surface area contributed by atoms with Crippen LogP contribution in [0.25, 0.3) is 0 Å². The first-order chi connectivity index (χ1) is 11.5. The van der Waals surface area contributed by atoms with Crippen LogP contribution in [0.3, 0.4) is 0 Å². The normalized spacial score (nSPS) is 15.0. The van der Waals surface area contributed by atoms with E-state index >= 15 is 0 Å². The Balaban J connectivity index is 1.68. The molecule has 6 nitrogen and oxygen atoms in total. The summed E-state index contributed by atoms with van der Waals surface area (Å²) in [6.07, 6.45) is 3.19. The van der Waals surface area contributed by atoms with E-state index in [1.807, 2.05) is 6.26 Å². The van der Waals surface area contributed by atoms with Crippen molar-refractivity contribution in [2.75, 3.05) is 24.7 Å². The Hall–Kier alpha value is -2.19. The summed E-state index contributed by atoms with van der Waals surface area (Å²) in [7, 11) is 0. The maximum absolute atomic E-state index is 12.9. The summed E-state index contributed by atoms with van der Waals surface area (Å²) in [4.78, 5) is 20.3. The molecule has 1 saturated heterocycles. The summed E-state index contributed by atoms with van der Waals surface area (Å²) in [5, 5.41) is 2.59. The molecule has 0 spiro atoms. The molecule has 0 bridgehead atoms. The van der Waals surface area contributed by atoms with Gasteiger partial charge in [-0.05, 0) is 25.3 Å². The number of rotatable bonds is 5. The Morgan fingerprint density at radius 1 is 1.42 bits per heavy atom. The molecule has 1 amide bonds. The Bertz CT molecular complexity index is 735. The second-order valence-electron chi connectivity index (χ2n) is 5.41. The van der Waals surface area contributed by atoms with Gasteiger partial charge < -0.3 is 10.1 Å². The van der Waals surface area contributed by atoms with Crippen LogP contribution in [0.1, 0.15) is 16.2 Å². The first-order valence-electron chi connectivity index (χ1n) is 7.41. The van der Waals surface area contributed by atoms with E-state index in [0.717, 1.165) is 19.3 Å². The summed E-state index contributed by atoms with van der Waals surface area (Å²) < 4.78 is 20.9. The van der Waals surface area contributed by atoms with Crippen molar-refractivity contribution < 1.29 is 13.9 Å². The molecular weight excluding hydrogens is 331 g/mol. The van der Waals surface area contributed by atoms with Gasteiger partial charge in [-0.3, -0.25) is 4.79 Å². The van der Waals surface area contributed by atoms with E-state index in [2.05, 4.69) is 19.6 Å². The molecule has 0 unspecified atom stereocenters. The lowest BCUT2D eigenvalue weighted by Crippen LogP contribution is -2.49. The van der Waals surface area contributed by atoms with Crippen LogP contribution in [0.5, 0.6) is 5.75 Å². The third kappa shape index (κ3) is 4.01. The summed E-state index contributed by atoms with van der Waals surface area (Å²) >= 11 is 1.68. The zero-order chi connectivity index (χ0) is 17.1. The third-order valence-electron chi connectivity index (χ3n) is 3.50. The average Bonchev–Trinajstić information content (AvgIpc) is 2.52. The second-order valence-corrected chi connectivity index (χ2v) is 6.30. The molecule has 24 heavy (non-hydrogen) atoms. The predicted octanol–water partition coefficient (Wildman–Crippen LogP) is 2.52. The first-order valence-corrected chi connectivity index (χ1v) is 8.59. The highest BCUT2D eigenvalue weighted by atomic mass is 32.2. The van der Waals surface area contributed by atoms with E-state index < -0.39 is 11.7 Å². The summed E-state index contributed by atoms with van der Waals surface area (Å²) in [6, 6.07) is 6.03. The average molecular weight is 348 g/mol. The molecule has 3 rings (SSSR count). The van der Waals surface area contributed by atoms with Gasteiger partial charge in [0.05, 0.1) is 6.20 Å². The maximum atomic E-state index is 12.9. The number of carbonyl (C=O) groups is 1. The fourth-order valence-corrected chi connectivity index (χ4v) is 2.90. The van der Waals surface area contributed by atoms with Crippen molar-refractivity contribution in [3.05, 3.63) is 47.7 Å². The van der Waals surface area contributed by atoms with Crippen LogP contribution >= 0.6 is 11.9 Å². The first kappa shape index (κ1) is 16.7. The van der Waals surface area contributed by atoms with E-state index in [-0.39, 0.29) is 17.6 Å². The summed E-state index contributed by atoms with van der Waals surface area (Å²) in [5.41, 5.74) is 0.919. The van der Waals surface area contributed by atoms with E-state index in [9.17, 15) is 9.18 Å². The number of hydrogen-bond donors (Lipinski definition) is 1. The van der Waals surface area contributed by atoms with Crippen LogP contribution in [-0.2, 0) is 0 Å². The molecule has 1 aliphatic rings. The van der Waals surface area contributed by atoms with Gasteiger partial charge in [-0.15, -0.1) is 0 Å². The zero-order valence-corrected chi connectivity index (χ0v) is 14.1. The standard InChI is InChI=1S/C16H17FN4O2S/c1-10-5-12(23-13-8-21(9-13)24-2)6-14(19-10)16(22)20-15-4-3-11(17)7-18-15/h3-7,13H,8-9H2,1-2H3,(H,18,20,22). The molecule has 1 fully saturated rings. The van der Waals surface area contributed by atoms with Gasteiger partial charge in [-0.2, -0.15) is 0 Å². The van der Waals surface area contributed by atoms with E-state index in [4.69, 9.17) is 4.74 Å². The topological polar surface area (TPSA) is 67.3 Å². The van der Waals surface area contributed by atoms with Gasteiger partial charge in [0.2, 0.25) is 0 Å². The molecule has 3 heterocycles. The SMILES string of the molecule is CSN1CC(Oc2cc(C)nc(C(=O)Nc3ccc(F)cn3)c2)C1. The lowest BCUT2D eigenvalue weighted by Gasteiger charge is -2.37. The monoisotopic (exact) mass is 348 g/mol. The van der Waals surface area contributed by atoms with Crippen LogP contribution in [-0.4, -0.2) is 45.6 Å². The Labute approximate surface area is 143 Å². The van der Waals surface area contributed by atoms with Gasteiger partial charge in [0.25, 0.3) is 5.91 Å². The number of halogens is 1. The molecule has 0 aliphatic carbocycles. The van der Waals surface area contributed by atoms with Gasteiger partial charge >= 0.3 is 0 Å². The van der Waals surface area contributed by atoms with Crippen molar-refractivity contribution in [1.29, 1.82) is 0 Å². The number of nitrogens with zero attached hydrogens (tertiary/aromatic N) is 3. The number of amides is 1. The fraction of sp³-hybridized carbons (Fsp3) is 0.312. The highest BCUT2D eigenvalue weighted by molar-refractivity contribution is 7.96. The number of aryl methyl sites for hydroxylation is 1.